The van der Waals surface area contributed by atoms with Crippen LogP contribution < -0.4 is 15.2 Å². The molecule has 0 aliphatic heterocycles. The molecule has 0 aliphatic carbocycles. The normalized spacial score (nSPS) is 12.2. The number of nitrogen functional groups attached to an aromatic ring is 1. The molecular weight excluding hydrogens is 547 g/mol. The molecule has 11 heteroatoms. The highest BCUT2D eigenvalue weighted by molar-refractivity contribution is 8.00. The summed E-state index contributed by atoms with van der Waals surface area (Å²) in [6, 6.07) is 18.4. The number of benzene rings is 3. The van der Waals surface area contributed by atoms with E-state index >= 15 is 0 Å². The molecule has 0 saturated carbocycles. The van der Waals surface area contributed by atoms with E-state index in [1.807, 2.05) is 19.2 Å². The van der Waals surface area contributed by atoms with Crippen molar-refractivity contribution in [2.45, 2.75) is 18.8 Å². The van der Waals surface area contributed by atoms with Gasteiger partial charge in [-0.05, 0) is 54.4 Å². The molecule has 2 heterocycles. The molecule has 39 heavy (non-hydrogen) atoms. The molecule has 6 nitrogen and oxygen atoms in total. The minimum atomic E-state index is -2.64. The Labute approximate surface area is 232 Å². The summed E-state index contributed by atoms with van der Waals surface area (Å²) in [4.78, 5) is 4.42. The molecule has 1 unspecified atom stereocenters. The van der Waals surface area contributed by atoms with Crippen molar-refractivity contribution in [1.29, 1.82) is 0 Å². The number of fused-ring (bicyclic) bond motifs is 1. The van der Waals surface area contributed by atoms with E-state index in [1.54, 1.807) is 60.3 Å². The number of anilines is 2. The molecule has 0 radical (unpaired) electrons. The number of aromatic nitrogens is 3. The summed E-state index contributed by atoms with van der Waals surface area (Å²) in [5.74, 6) is -2.39. The zero-order chi connectivity index (χ0) is 27.7. The van der Waals surface area contributed by atoms with Gasteiger partial charge in [-0.15, -0.1) is 0 Å². The number of pyridine rings is 1. The van der Waals surface area contributed by atoms with Crippen LogP contribution in [0.5, 0.6) is 5.75 Å². The molecule has 0 saturated heterocycles. The summed E-state index contributed by atoms with van der Waals surface area (Å²) in [5.41, 5.74) is 11.1. The van der Waals surface area contributed by atoms with Gasteiger partial charge in [-0.2, -0.15) is 13.9 Å². The predicted molar refractivity (Wildman–Crippen MR) is 151 cm³/mol. The summed E-state index contributed by atoms with van der Waals surface area (Å²) in [5, 5.41) is 6.00. The van der Waals surface area contributed by atoms with Gasteiger partial charge in [0.1, 0.15) is 29.2 Å². The molecule has 0 fully saturated rings. The first-order valence-electron chi connectivity index (χ1n) is 11.8. The number of ether oxygens (including phenoxy) is 1. The maximum atomic E-state index is 13.4. The predicted octanol–water partition coefficient (Wildman–Crippen LogP) is 8.10. The topological polar surface area (TPSA) is 78.0 Å². The highest BCUT2D eigenvalue weighted by atomic mass is 35.5. The third kappa shape index (κ3) is 5.62. The lowest BCUT2D eigenvalue weighted by Gasteiger charge is -2.19. The van der Waals surface area contributed by atoms with Gasteiger partial charge in [-0.3, -0.25) is 4.68 Å². The monoisotopic (exact) mass is 569 g/mol. The average molecular weight is 570 g/mol. The van der Waals surface area contributed by atoms with Gasteiger partial charge >= 0.3 is 5.76 Å². The van der Waals surface area contributed by atoms with Crippen LogP contribution in [0.1, 0.15) is 18.6 Å². The van der Waals surface area contributed by atoms with Crippen molar-refractivity contribution in [2.75, 3.05) is 10.5 Å². The Morgan fingerprint density at radius 2 is 1.72 bits per heavy atom. The number of rotatable bonds is 8. The van der Waals surface area contributed by atoms with E-state index in [0.717, 1.165) is 22.2 Å². The second kappa shape index (κ2) is 11.1. The first kappa shape index (κ1) is 26.7. The minimum Gasteiger partial charge on any atom is -0.484 e. The molecular formula is C28H23ClF3N5OS. The quantitative estimate of drug-likeness (QED) is 0.184. The fourth-order valence-electron chi connectivity index (χ4n) is 4.33. The van der Waals surface area contributed by atoms with Crippen molar-refractivity contribution in [3.8, 4) is 28.1 Å². The Bertz CT molecular complexity index is 1630. The number of aryl methyl sites for hydroxylation is 1. The number of hydrogen-bond donors (Lipinski definition) is 2. The van der Waals surface area contributed by atoms with Crippen LogP contribution in [0.15, 0.2) is 72.9 Å². The Kier molecular flexibility index (Phi) is 7.58. The largest absolute Gasteiger partial charge is 0.484 e. The van der Waals surface area contributed by atoms with Gasteiger partial charge in [0.05, 0.1) is 16.6 Å². The highest BCUT2D eigenvalue weighted by Crippen LogP contribution is 2.40. The maximum Gasteiger partial charge on any atom is 0.302 e. The highest BCUT2D eigenvalue weighted by Gasteiger charge is 2.21. The fourth-order valence-corrected chi connectivity index (χ4v) is 4.84. The van der Waals surface area contributed by atoms with Crippen molar-refractivity contribution in [3.05, 3.63) is 89.3 Å². The molecule has 1 atom stereocenters. The average Bonchev–Trinajstić information content (AvgIpc) is 3.27. The van der Waals surface area contributed by atoms with E-state index in [9.17, 15) is 13.2 Å². The standard InChI is InChI=1S/C28H23ClF3N5OS/c1-15(16-5-10-20(30)11-6-16)38-23-13-18(7-12-22(23)36-39-28(31)32)25-24-26(37(2)35-25)21(14-34-27(24)33)17-3-8-19(29)9-4-17/h3-15,28,36H,1-2H3,(H2,33,34). The van der Waals surface area contributed by atoms with Crippen LogP contribution in [0.4, 0.5) is 24.7 Å². The van der Waals surface area contributed by atoms with Gasteiger partial charge in [0.15, 0.2) is 0 Å². The van der Waals surface area contributed by atoms with Crippen molar-refractivity contribution in [2.24, 2.45) is 7.05 Å². The Morgan fingerprint density at radius 1 is 1.03 bits per heavy atom. The Morgan fingerprint density at radius 3 is 2.41 bits per heavy atom. The van der Waals surface area contributed by atoms with E-state index in [-0.39, 0.29) is 17.8 Å². The first-order chi connectivity index (χ1) is 18.7. The lowest BCUT2D eigenvalue weighted by Crippen LogP contribution is -2.05. The van der Waals surface area contributed by atoms with Crippen LogP contribution in [-0.4, -0.2) is 20.5 Å². The van der Waals surface area contributed by atoms with Crippen LogP contribution in [0, 0.1) is 5.82 Å². The number of hydrogen-bond acceptors (Lipinski definition) is 6. The van der Waals surface area contributed by atoms with Gasteiger partial charge in [0, 0.05) is 41.3 Å². The summed E-state index contributed by atoms with van der Waals surface area (Å²) < 4.78 is 49.9. The molecule has 3 aromatic carbocycles. The van der Waals surface area contributed by atoms with Crippen molar-refractivity contribution < 1.29 is 17.9 Å². The first-order valence-corrected chi connectivity index (χ1v) is 13.1. The molecule has 0 bridgehead atoms. The van der Waals surface area contributed by atoms with Crippen LogP contribution in [0.2, 0.25) is 5.02 Å². The Balaban J connectivity index is 1.60. The molecule has 0 amide bonds. The zero-order valence-corrected chi connectivity index (χ0v) is 22.4. The number of nitrogens with one attached hydrogen (secondary N) is 1. The molecule has 3 N–H and O–H groups in total. The molecule has 0 aliphatic rings. The molecule has 0 spiro atoms. The SMILES string of the molecule is CC(Oc1cc(-c2nn(C)c3c(-c4ccc(Cl)cc4)cnc(N)c23)ccc1NSC(F)F)c1ccc(F)cc1. The summed E-state index contributed by atoms with van der Waals surface area (Å²) in [6.07, 6.45) is 1.20. The molecule has 200 valence electrons. The summed E-state index contributed by atoms with van der Waals surface area (Å²) in [7, 11) is 1.81. The van der Waals surface area contributed by atoms with E-state index < -0.39 is 11.9 Å². The van der Waals surface area contributed by atoms with Crippen molar-refractivity contribution in [1.82, 2.24) is 14.8 Å². The zero-order valence-electron chi connectivity index (χ0n) is 20.8. The second-order valence-corrected chi connectivity index (χ2v) is 10.00. The molecule has 5 aromatic rings. The van der Waals surface area contributed by atoms with Gasteiger partial charge < -0.3 is 15.2 Å². The van der Waals surface area contributed by atoms with Crippen LogP contribution >= 0.6 is 23.5 Å². The maximum absolute atomic E-state index is 13.4. The van der Waals surface area contributed by atoms with Gasteiger partial charge in [-0.1, -0.05) is 41.9 Å². The number of nitrogens with two attached hydrogens (primary N) is 1. The summed E-state index contributed by atoms with van der Waals surface area (Å²) in [6.45, 7) is 1.79. The van der Waals surface area contributed by atoms with E-state index in [0.29, 0.717) is 38.9 Å². The lowest BCUT2D eigenvalue weighted by atomic mass is 10.0. The molecule has 2 aromatic heterocycles. The smallest absolute Gasteiger partial charge is 0.302 e. The lowest BCUT2D eigenvalue weighted by molar-refractivity contribution is 0.228. The van der Waals surface area contributed by atoms with Crippen molar-refractivity contribution >= 4 is 46.0 Å². The van der Waals surface area contributed by atoms with Crippen LogP contribution in [0.25, 0.3) is 33.3 Å². The number of alkyl halides is 2. The van der Waals surface area contributed by atoms with E-state index in [4.69, 9.17) is 27.2 Å². The minimum absolute atomic E-state index is 0.263. The summed E-state index contributed by atoms with van der Waals surface area (Å²) >= 11 is 6.34. The van der Waals surface area contributed by atoms with Crippen LogP contribution in [-0.2, 0) is 7.05 Å². The van der Waals surface area contributed by atoms with Crippen LogP contribution in [0.3, 0.4) is 0 Å². The third-order valence-corrected chi connectivity index (χ3v) is 6.97. The third-order valence-electron chi connectivity index (χ3n) is 6.20. The fraction of sp³-hybridized carbons (Fsp3) is 0.143. The molecule has 5 rings (SSSR count). The van der Waals surface area contributed by atoms with Gasteiger partial charge in [0.2, 0.25) is 0 Å². The van der Waals surface area contributed by atoms with E-state index in [2.05, 4.69) is 9.71 Å². The van der Waals surface area contributed by atoms with Gasteiger partial charge in [-0.25, -0.2) is 9.37 Å². The number of halogens is 4. The van der Waals surface area contributed by atoms with E-state index in [1.165, 1.54) is 12.1 Å². The van der Waals surface area contributed by atoms with Crippen molar-refractivity contribution in [3.63, 3.8) is 0 Å². The number of nitrogens with zero attached hydrogens (tertiary/aromatic N) is 3. The van der Waals surface area contributed by atoms with Gasteiger partial charge in [0.25, 0.3) is 0 Å². The second-order valence-electron chi connectivity index (χ2n) is 8.76. The Hall–Kier alpha value is -3.89.